The van der Waals surface area contributed by atoms with Gasteiger partial charge in [-0.05, 0) is 43.9 Å². The van der Waals surface area contributed by atoms with Gasteiger partial charge in [-0.1, -0.05) is 27.2 Å². The highest BCUT2D eigenvalue weighted by molar-refractivity contribution is 5.06. The molecule has 0 heterocycles. The van der Waals surface area contributed by atoms with Gasteiger partial charge in [0.2, 0.25) is 0 Å². The predicted octanol–water partition coefficient (Wildman–Crippen LogP) is 6.65. The lowest BCUT2D eigenvalue weighted by atomic mass is 9.75. The standard InChI is InChI=1S/C10H12F6O.C7H13F3/c11-9(12,13)8(17,10(14,15)16)7-4-5-1-2-6(7)3-5;1-4-6(3,5-2)7(8,9)10/h5-7,17H,1-4H2;4-5H2,1-3H3. The summed E-state index contributed by atoms with van der Waals surface area (Å²) < 4.78 is 112. The lowest BCUT2D eigenvalue weighted by molar-refractivity contribution is -0.388. The average molecular weight is 416 g/mol. The minimum absolute atomic E-state index is 0.0961. The van der Waals surface area contributed by atoms with Crippen LogP contribution in [0.4, 0.5) is 39.5 Å². The fraction of sp³-hybridized carbons (Fsp3) is 1.00. The Morgan fingerprint density at radius 3 is 1.37 bits per heavy atom. The van der Waals surface area contributed by atoms with Gasteiger partial charge in [0, 0.05) is 5.92 Å². The Hall–Kier alpha value is -0.670. The van der Waals surface area contributed by atoms with Crippen LogP contribution in [-0.2, 0) is 0 Å². The van der Waals surface area contributed by atoms with Gasteiger partial charge in [-0.15, -0.1) is 0 Å². The molecule has 1 nitrogen and oxygen atoms in total. The zero-order valence-electron chi connectivity index (χ0n) is 15.3. The zero-order valence-corrected chi connectivity index (χ0v) is 15.3. The van der Waals surface area contributed by atoms with Crippen molar-refractivity contribution < 1.29 is 44.6 Å². The lowest BCUT2D eigenvalue weighted by Crippen LogP contribution is -2.62. The summed E-state index contributed by atoms with van der Waals surface area (Å²) in [6.07, 6.45) is -13.8. The van der Waals surface area contributed by atoms with E-state index in [-0.39, 0.29) is 25.2 Å². The van der Waals surface area contributed by atoms with E-state index in [0.29, 0.717) is 19.3 Å². The van der Waals surface area contributed by atoms with Gasteiger partial charge in [0.05, 0.1) is 5.41 Å². The monoisotopic (exact) mass is 416 g/mol. The largest absolute Gasteiger partial charge is 0.426 e. The number of aliphatic hydroxyl groups is 1. The minimum Gasteiger partial charge on any atom is -0.373 e. The molecule has 2 aliphatic rings. The van der Waals surface area contributed by atoms with Gasteiger partial charge < -0.3 is 5.11 Å². The van der Waals surface area contributed by atoms with Crippen LogP contribution in [0.2, 0.25) is 0 Å². The summed E-state index contributed by atoms with van der Waals surface area (Å²) >= 11 is 0. The number of hydrogen-bond donors (Lipinski definition) is 1. The molecule has 0 aromatic rings. The molecular weight excluding hydrogens is 391 g/mol. The van der Waals surface area contributed by atoms with Crippen molar-refractivity contribution in [3.8, 4) is 0 Å². The van der Waals surface area contributed by atoms with Crippen LogP contribution >= 0.6 is 0 Å². The molecule has 2 bridgehead atoms. The first-order valence-corrected chi connectivity index (χ1v) is 8.87. The van der Waals surface area contributed by atoms with Crippen LogP contribution in [0.25, 0.3) is 0 Å². The van der Waals surface area contributed by atoms with Crippen molar-refractivity contribution in [2.45, 2.75) is 83.4 Å². The Labute approximate surface area is 152 Å². The predicted molar refractivity (Wildman–Crippen MR) is 80.7 cm³/mol. The molecule has 0 saturated heterocycles. The van der Waals surface area contributed by atoms with E-state index in [1.807, 2.05) is 0 Å². The second kappa shape index (κ2) is 7.63. The Morgan fingerprint density at radius 2 is 1.19 bits per heavy atom. The first kappa shape index (κ1) is 24.4. The third-order valence-corrected chi connectivity index (χ3v) is 6.38. The Balaban J connectivity index is 0.000000314. The van der Waals surface area contributed by atoms with Crippen LogP contribution in [-0.4, -0.2) is 29.2 Å². The van der Waals surface area contributed by atoms with Gasteiger partial charge >= 0.3 is 18.5 Å². The summed E-state index contributed by atoms with van der Waals surface area (Å²) in [5, 5.41) is 9.26. The average Bonchev–Trinajstić information content (AvgIpc) is 3.13. The highest BCUT2D eigenvalue weighted by Gasteiger charge is 2.75. The highest BCUT2D eigenvalue weighted by Crippen LogP contribution is 2.59. The number of rotatable bonds is 3. The first-order valence-electron chi connectivity index (χ1n) is 8.87. The molecule has 0 aliphatic heterocycles. The molecule has 162 valence electrons. The molecule has 10 heteroatoms. The van der Waals surface area contributed by atoms with Crippen molar-refractivity contribution in [3.63, 3.8) is 0 Å². The van der Waals surface area contributed by atoms with Crippen molar-refractivity contribution in [1.82, 2.24) is 0 Å². The summed E-state index contributed by atoms with van der Waals surface area (Å²) in [4.78, 5) is 0. The van der Waals surface area contributed by atoms with Crippen LogP contribution < -0.4 is 0 Å². The van der Waals surface area contributed by atoms with Crippen molar-refractivity contribution in [3.05, 3.63) is 0 Å². The van der Waals surface area contributed by atoms with E-state index in [4.69, 9.17) is 0 Å². The van der Waals surface area contributed by atoms with E-state index in [1.54, 1.807) is 13.8 Å². The van der Waals surface area contributed by atoms with Gasteiger partial charge in [-0.25, -0.2) is 0 Å². The third-order valence-electron chi connectivity index (χ3n) is 6.38. The number of hydrogen-bond acceptors (Lipinski definition) is 1. The van der Waals surface area contributed by atoms with Crippen molar-refractivity contribution in [1.29, 1.82) is 0 Å². The number of halogens is 9. The van der Waals surface area contributed by atoms with E-state index < -0.39 is 41.4 Å². The summed E-state index contributed by atoms with van der Waals surface area (Å²) in [7, 11) is 0. The van der Waals surface area contributed by atoms with Gasteiger partial charge in [0.1, 0.15) is 0 Å². The summed E-state index contributed by atoms with van der Waals surface area (Å²) in [5.41, 5.74) is -6.02. The van der Waals surface area contributed by atoms with Crippen LogP contribution in [0.3, 0.4) is 0 Å². The van der Waals surface area contributed by atoms with Gasteiger partial charge in [0.15, 0.2) is 0 Å². The second-order valence-corrected chi connectivity index (χ2v) is 7.81. The van der Waals surface area contributed by atoms with E-state index in [0.717, 1.165) is 0 Å². The van der Waals surface area contributed by atoms with Gasteiger partial charge in [-0.2, -0.15) is 39.5 Å². The Bertz CT molecular complexity index is 474. The van der Waals surface area contributed by atoms with Crippen molar-refractivity contribution in [2.24, 2.45) is 23.2 Å². The molecule has 2 saturated carbocycles. The Kier molecular flexibility index (Phi) is 6.89. The van der Waals surface area contributed by atoms with Crippen LogP contribution in [0.15, 0.2) is 0 Å². The maximum atomic E-state index is 12.6. The second-order valence-electron chi connectivity index (χ2n) is 7.81. The molecule has 3 unspecified atom stereocenters. The van der Waals surface area contributed by atoms with Crippen molar-refractivity contribution in [2.75, 3.05) is 0 Å². The molecule has 0 aromatic carbocycles. The molecule has 0 aromatic heterocycles. The van der Waals surface area contributed by atoms with E-state index in [1.165, 1.54) is 6.92 Å². The SMILES string of the molecule is CCC(C)(CC)C(F)(F)F.OC(C1CC2CCC1C2)(C(F)(F)F)C(F)(F)F. The minimum atomic E-state index is -5.67. The summed E-state index contributed by atoms with van der Waals surface area (Å²) in [5.74, 6) is -2.49. The molecule has 2 rings (SSSR count). The van der Waals surface area contributed by atoms with Crippen LogP contribution in [0, 0.1) is 23.2 Å². The van der Waals surface area contributed by atoms with Crippen molar-refractivity contribution >= 4 is 0 Å². The molecule has 0 amide bonds. The van der Waals surface area contributed by atoms with E-state index in [2.05, 4.69) is 0 Å². The summed E-state index contributed by atoms with van der Waals surface area (Å²) in [6.45, 7) is 4.39. The third kappa shape index (κ3) is 4.50. The maximum absolute atomic E-state index is 12.6. The van der Waals surface area contributed by atoms with Gasteiger partial charge in [0.25, 0.3) is 5.60 Å². The molecule has 2 aliphatic carbocycles. The van der Waals surface area contributed by atoms with Crippen LogP contribution in [0.5, 0.6) is 0 Å². The molecule has 0 spiro atoms. The van der Waals surface area contributed by atoms with Gasteiger partial charge in [-0.3, -0.25) is 0 Å². The molecule has 2 fully saturated rings. The fourth-order valence-electron chi connectivity index (χ4n) is 3.99. The molecule has 27 heavy (non-hydrogen) atoms. The maximum Gasteiger partial charge on any atom is 0.426 e. The van der Waals surface area contributed by atoms with E-state index >= 15 is 0 Å². The molecule has 1 N–H and O–H groups in total. The number of alkyl halides is 9. The zero-order chi connectivity index (χ0) is 21.5. The van der Waals surface area contributed by atoms with E-state index in [9.17, 15) is 44.6 Å². The highest BCUT2D eigenvalue weighted by atomic mass is 19.4. The molecule has 3 atom stereocenters. The quantitative estimate of drug-likeness (QED) is 0.511. The first-order chi connectivity index (χ1) is 11.9. The molecular formula is C17H25F9O. The van der Waals surface area contributed by atoms with Crippen LogP contribution in [0.1, 0.15) is 59.3 Å². The smallest absolute Gasteiger partial charge is 0.373 e. The fourth-order valence-corrected chi connectivity index (χ4v) is 3.99. The summed E-state index contributed by atoms with van der Waals surface area (Å²) in [6, 6.07) is 0. The topological polar surface area (TPSA) is 20.2 Å². The Morgan fingerprint density at radius 1 is 0.741 bits per heavy atom. The normalized spacial score (nSPS) is 26.8. The lowest BCUT2D eigenvalue weighted by Gasteiger charge is -2.40. The number of fused-ring (bicyclic) bond motifs is 2. The molecule has 0 radical (unpaired) electrons.